The van der Waals surface area contributed by atoms with Crippen molar-refractivity contribution >= 4 is 22.4 Å². The lowest BCUT2D eigenvalue weighted by atomic mass is 10.1. The molecule has 0 unspecified atom stereocenters. The molecule has 0 fully saturated rings. The van der Waals surface area contributed by atoms with Gasteiger partial charge >= 0.3 is 5.56 Å². The van der Waals surface area contributed by atoms with Gasteiger partial charge in [-0.1, -0.05) is 66.8 Å². The molecular formula is C30H22FN5O3S. The summed E-state index contributed by atoms with van der Waals surface area (Å²) >= 11 is 1.05. The number of aromatic nitrogens is 5. The van der Waals surface area contributed by atoms with Gasteiger partial charge in [-0.3, -0.25) is 9.59 Å². The Hall–Kier alpha value is -4.96. The molecule has 10 heteroatoms. The largest absolute Gasteiger partial charge is 0.491 e. The molecule has 3 heterocycles. The molecule has 6 rings (SSSR count). The molecule has 0 amide bonds. The zero-order valence-corrected chi connectivity index (χ0v) is 22.1. The number of hydrogen-bond donors (Lipinski definition) is 0. The van der Waals surface area contributed by atoms with Gasteiger partial charge in [-0.15, -0.1) is 0 Å². The summed E-state index contributed by atoms with van der Waals surface area (Å²) in [6.45, 7) is 2.36. The predicted molar refractivity (Wildman–Crippen MR) is 152 cm³/mol. The minimum Gasteiger partial charge on any atom is -0.491 e. The topological polar surface area (TPSA) is 91.4 Å². The van der Waals surface area contributed by atoms with Gasteiger partial charge in [0.1, 0.15) is 5.69 Å². The van der Waals surface area contributed by atoms with Crippen molar-refractivity contribution in [2.45, 2.75) is 13.3 Å². The Kier molecular flexibility index (Phi) is 6.75. The van der Waals surface area contributed by atoms with Gasteiger partial charge in [-0.05, 0) is 42.8 Å². The SMILES string of the molecule is CCCOc1ccc(-c2nn(-c3ccccc3)cc2C=c2sc3nc(=O)c(-c4ccccc4)nn3c2=O)cc1F. The van der Waals surface area contributed by atoms with Crippen LogP contribution in [0.2, 0.25) is 0 Å². The maximum Gasteiger partial charge on any atom is 0.300 e. The van der Waals surface area contributed by atoms with E-state index in [1.54, 1.807) is 53.4 Å². The molecule has 0 radical (unpaired) electrons. The van der Waals surface area contributed by atoms with E-state index < -0.39 is 16.9 Å². The standard InChI is InChI=1S/C30H22FN5O3S/c1-2-15-39-24-14-13-20(16-23(24)31)26-21(18-35(33-26)22-11-7-4-8-12-22)17-25-29(38)36-30(40-25)32-28(37)27(34-36)19-9-5-3-6-10-19/h3-14,16-18H,2,15H2,1H3. The third-order valence-corrected chi connectivity index (χ3v) is 7.11. The number of nitrogens with zero attached hydrogens (tertiary/aromatic N) is 5. The summed E-state index contributed by atoms with van der Waals surface area (Å²) < 4.78 is 23.5. The quantitative estimate of drug-likeness (QED) is 0.290. The molecule has 0 saturated carbocycles. The summed E-state index contributed by atoms with van der Waals surface area (Å²) in [5, 5.41) is 9.04. The second-order valence-electron chi connectivity index (χ2n) is 8.95. The van der Waals surface area contributed by atoms with E-state index >= 15 is 0 Å². The number of hydrogen-bond acceptors (Lipinski definition) is 7. The molecular weight excluding hydrogens is 529 g/mol. The molecule has 0 atom stereocenters. The highest BCUT2D eigenvalue weighted by atomic mass is 32.1. The zero-order chi connectivity index (χ0) is 27.6. The first kappa shape index (κ1) is 25.3. The summed E-state index contributed by atoms with van der Waals surface area (Å²) in [6.07, 6.45) is 4.20. The van der Waals surface area contributed by atoms with Gasteiger partial charge in [0.2, 0.25) is 4.96 Å². The van der Waals surface area contributed by atoms with Crippen molar-refractivity contribution < 1.29 is 9.13 Å². The molecule has 0 saturated heterocycles. The Labute approximate surface area is 231 Å². The fraction of sp³-hybridized carbons (Fsp3) is 0.100. The van der Waals surface area contributed by atoms with Crippen LogP contribution in [0.5, 0.6) is 5.75 Å². The van der Waals surface area contributed by atoms with Crippen LogP contribution in [0.1, 0.15) is 18.9 Å². The molecule has 3 aromatic heterocycles. The van der Waals surface area contributed by atoms with Crippen molar-refractivity contribution in [2.75, 3.05) is 6.61 Å². The summed E-state index contributed by atoms with van der Waals surface area (Å²) in [6, 6.07) is 23.0. The van der Waals surface area contributed by atoms with Crippen LogP contribution in [0.25, 0.3) is 39.2 Å². The van der Waals surface area contributed by atoms with Crippen LogP contribution in [-0.2, 0) is 0 Å². The van der Waals surface area contributed by atoms with Crippen LogP contribution in [0.3, 0.4) is 0 Å². The molecule has 0 aliphatic heterocycles. The van der Waals surface area contributed by atoms with Gasteiger partial charge in [0.05, 0.1) is 16.8 Å². The fourth-order valence-electron chi connectivity index (χ4n) is 4.23. The maximum atomic E-state index is 14.9. The molecule has 0 aliphatic rings. The highest BCUT2D eigenvalue weighted by Gasteiger charge is 2.16. The monoisotopic (exact) mass is 551 g/mol. The lowest BCUT2D eigenvalue weighted by molar-refractivity contribution is 0.301. The Balaban J connectivity index is 1.51. The van der Waals surface area contributed by atoms with Crippen molar-refractivity contribution in [3.8, 4) is 34.0 Å². The molecule has 40 heavy (non-hydrogen) atoms. The van der Waals surface area contributed by atoms with E-state index in [4.69, 9.17) is 9.84 Å². The van der Waals surface area contributed by atoms with Crippen molar-refractivity contribution in [3.63, 3.8) is 0 Å². The van der Waals surface area contributed by atoms with Gasteiger partial charge in [-0.2, -0.15) is 19.7 Å². The molecule has 0 bridgehead atoms. The van der Waals surface area contributed by atoms with Gasteiger partial charge in [0.15, 0.2) is 17.3 Å². The summed E-state index contributed by atoms with van der Waals surface area (Å²) in [5.74, 6) is -0.334. The maximum absolute atomic E-state index is 14.9. The molecule has 6 aromatic rings. The van der Waals surface area contributed by atoms with Gasteiger partial charge in [-0.25, -0.2) is 9.07 Å². The van der Waals surface area contributed by atoms with Crippen LogP contribution in [0, 0.1) is 5.82 Å². The first-order valence-electron chi connectivity index (χ1n) is 12.6. The molecule has 0 N–H and O–H groups in total. The highest BCUT2D eigenvalue weighted by Crippen LogP contribution is 2.29. The van der Waals surface area contributed by atoms with E-state index in [0.29, 0.717) is 33.5 Å². The van der Waals surface area contributed by atoms with E-state index in [1.165, 1.54) is 6.07 Å². The first-order chi connectivity index (χ1) is 19.5. The number of para-hydroxylation sites is 1. The number of fused-ring (bicyclic) bond motifs is 1. The Morgan fingerprint density at radius 2 is 1.68 bits per heavy atom. The van der Waals surface area contributed by atoms with Crippen molar-refractivity contribution in [3.05, 3.63) is 122 Å². The Bertz CT molecular complexity index is 2000. The Morgan fingerprint density at radius 1 is 0.925 bits per heavy atom. The smallest absolute Gasteiger partial charge is 0.300 e. The average molecular weight is 552 g/mol. The van der Waals surface area contributed by atoms with Crippen LogP contribution in [-0.4, -0.2) is 31.0 Å². The normalized spacial score (nSPS) is 11.8. The van der Waals surface area contributed by atoms with Gasteiger partial charge in [0, 0.05) is 22.9 Å². The predicted octanol–water partition coefficient (Wildman–Crippen LogP) is 4.51. The lowest BCUT2D eigenvalue weighted by Crippen LogP contribution is -2.26. The fourth-order valence-corrected chi connectivity index (χ4v) is 5.13. The van der Waals surface area contributed by atoms with E-state index in [-0.39, 0.29) is 16.4 Å². The number of benzene rings is 3. The third-order valence-electron chi connectivity index (χ3n) is 6.15. The molecule has 198 valence electrons. The molecule has 8 nitrogen and oxygen atoms in total. The van der Waals surface area contributed by atoms with E-state index in [0.717, 1.165) is 28.0 Å². The second kappa shape index (κ2) is 10.7. The Morgan fingerprint density at radius 3 is 2.40 bits per heavy atom. The van der Waals surface area contributed by atoms with Crippen molar-refractivity contribution in [1.82, 2.24) is 24.4 Å². The number of ether oxygens (including phenoxy) is 1. The second-order valence-corrected chi connectivity index (χ2v) is 9.96. The van der Waals surface area contributed by atoms with Crippen molar-refractivity contribution in [1.29, 1.82) is 0 Å². The van der Waals surface area contributed by atoms with Crippen LogP contribution in [0.4, 0.5) is 4.39 Å². The number of rotatable bonds is 7. The van der Waals surface area contributed by atoms with Crippen LogP contribution < -0.4 is 20.4 Å². The number of thiazole rings is 1. The van der Waals surface area contributed by atoms with Crippen LogP contribution in [0.15, 0.2) is 94.6 Å². The highest BCUT2D eigenvalue weighted by molar-refractivity contribution is 7.15. The van der Waals surface area contributed by atoms with E-state index in [2.05, 4.69) is 10.1 Å². The van der Waals surface area contributed by atoms with Gasteiger partial charge < -0.3 is 4.74 Å². The third kappa shape index (κ3) is 4.80. The zero-order valence-electron chi connectivity index (χ0n) is 21.3. The molecule has 3 aromatic carbocycles. The molecule has 0 spiro atoms. The summed E-state index contributed by atoms with van der Waals surface area (Å²) in [4.78, 5) is 30.4. The summed E-state index contributed by atoms with van der Waals surface area (Å²) in [7, 11) is 0. The average Bonchev–Trinajstić information content (AvgIpc) is 3.53. The first-order valence-corrected chi connectivity index (χ1v) is 13.4. The minimum absolute atomic E-state index is 0.0954. The molecule has 0 aliphatic carbocycles. The van der Waals surface area contributed by atoms with Crippen LogP contribution >= 0.6 is 11.3 Å². The van der Waals surface area contributed by atoms with Crippen molar-refractivity contribution in [2.24, 2.45) is 0 Å². The summed E-state index contributed by atoms with van der Waals surface area (Å²) in [5.41, 5.74) is 2.11. The minimum atomic E-state index is -0.516. The van der Waals surface area contributed by atoms with E-state index in [1.807, 2.05) is 43.3 Å². The van der Waals surface area contributed by atoms with Gasteiger partial charge in [0.25, 0.3) is 5.56 Å². The lowest BCUT2D eigenvalue weighted by Gasteiger charge is -2.07. The van der Waals surface area contributed by atoms with E-state index in [9.17, 15) is 14.0 Å². The number of halogens is 1.